The molecule has 6 N–H and O–H groups in total. The van der Waals surface area contributed by atoms with Gasteiger partial charge < -0.3 is 61.1 Å². The molecule has 578 valence electrons. The molecule has 7 heterocycles. The van der Waals surface area contributed by atoms with E-state index in [4.69, 9.17) is 10.5 Å². The van der Waals surface area contributed by atoms with Crippen LogP contribution in [0.4, 0.5) is 0 Å². The summed E-state index contributed by atoms with van der Waals surface area (Å²) in [6, 6.07) is 0.782. The number of rotatable bonds is 24. The maximum absolute atomic E-state index is 5.26. The van der Waals surface area contributed by atoms with Crippen LogP contribution in [0.25, 0.3) is 0 Å². The summed E-state index contributed by atoms with van der Waals surface area (Å²) in [6.07, 6.45) is 20.4. The number of morpholine rings is 1. The molecule has 0 aromatic heterocycles. The molecule has 0 spiro atoms. The van der Waals surface area contributed by atoms with Gasteiger partial charge in [-0.1, -0.05) is 184 Å². The van der Waals surface area contributed by atoms with Gasteiger partial charge >= 0.3 is 0 Å². The molecule has 0 radical (unpaired) electrons. The van der Waals surface area contributed by atoms with E-state index >= 15 is 0 Å². The van der Waals surface area contributed by atoms with Crippen LogP contribution >= 0.6 is 0 Å². The van der Waals surface area contributed by atoms with Gasteiger partial charge in [-0.3, -0.25) is 4.90 Å². The van der Waals surface area contributed by atoms with Crippen molar-refractivity contribution >= 4 is 0 Å². The van der Waals surface area contributed by atoms with Crippen molar-refractivity contribution in [2.45, 2.75) is 280 Å². The Morgan fingerprint density at radius 3 is 0.860 bits per heavy atom. The summed E-state index contributed by atoms with van der Waals surface area (Å²) in [6.45, 7) is 72.9. The molecule has 0 unspecified atom stereocenters. The smallest absolute Gasteiger partial charge is 0.0594 e. The lowest BCUT2D eigenvalue weighted by Gasteiger charge is -2.32. The largest absolute Gasteiger partial charge is 0.379 e. The number of nitrogens with one attached hydrogen (secondary N) is 4. The molecule has 7 aliphatic heterocycles. The molecule has 0 saturated carbocycles. The zero-order chi connectivity index (χ0) is 62.6. The third-order valence-electron chi connectivity index (χ3n) is 17.1. The summed E-state index contributed by atoms with van der Waals surface area (Å²) >= 11 is 0. The van der Waals surface area contributed by atoms with Gasteiger partial charge in [-0.15, -0.1) is 0 Å². The van der Waals surface area contributed by atoms with Crippen LogP contribution in [-0.2, 0) is 4.74 Å². The molecular weight excluding hydrogens is 1140 g/mol. The summed E-state index contributed by atoms with van der Waals surface area (Å²) in [7, 11) is 2.21. The van der Waals surface area contributed by atoms with Crippen molar-refractivity contribution in [1.29, 1.82) is 0 Å². The van der Waals surface area contributed by atoms with Crippen LogP contribution in [0.15, 0.2) is 0 Å². The van der Waals surface area contributed by atoms with Gasteiger partial charge in [-0.2, -0.15) is 0 Å². The number of hydrogen-bond donors (Lipinski definition) is 5. The lowest BCUT2D eigenvalue weighted by atomic mass is 10.1. The Labute approximate surface area is 594 Å². The van der Waals surface area contributed by atoms with Crippen molar-refractivity contribution in [1.82, 2.24) is 55.6 Å². The second-order valence-electron chi connectivity index (χ2n) is 29.5. The second-order valence-corrected chi connectivity index (χ2v) is 29.5. The van der Waals surface area contributed by atoms with Crippen molar-refractivity contribution < 1.29 is 4.74 Å². The van der Waals surface area contributed by atoms with Crippen LogP contribution in [0.3, 0.4) is 0 Å². The Hall–Kier alpha value is -0.520. The first kappa shape index (κ1) is 114. The van der Waals surface area contributed by atoms with Gasteiger partial charge in [-0.05, 0) is 236 Å². The number of piperazine rings is 3. The van der Waals surface area contributed by atoms with E-state index in [0.717, 1.165) is 92.7 Å². The number of nitrogens with zero attached hydrogens (tertiary/aromatic N) is 7. The van der Waals surface area contributed by atoms with E-state index in [1.807, 2.05) is 0 Å². The number of hydrogen-bond acceptors (Lipinski definition) is 13. The summed E-state index contributed by atoms with van der Waals surface area (Å²) in [5.74, 6) is 6.74. The Morgan fingerprint density at radius 2 is 0.581 bits per heavy atom. The minimum atomic E-state index is 0. The van der Waals surface area contributed by atoms with E-state index in [9.17, 15) is 0 Å². The highest BCUT2D eigenvalue weighted by molar-refractivity contribution is 4.75. The van der Waals surface area contributed by atoms with E-state index in [-0.39, 0.29) is 66.8 Å². The van der Waals surface area contributed by atoms with Gasteiger partial charge in [0.1, 0.15) is 0 Å². The van der Waals surface area contributed by atoms with Crippen molar-refractivity contribution in [3.63, 3.8) is 0 Å². The first-order valence-electron chi connectivity index (χ1n) is 36.3. The zero-order valence-electron chi connectivity index (χ0n) is 60.1. The Bertz CT molecular complexity index is 1190. The molecule has 13 nitrogen and oxygen atoms in total. The van der Waals surface area contributed by atoms with Crippen molar-refractivity contribution in [3.8, 4) is 0 Å². The lowest BCUT2D eigenvalue weighted by Crippen LogP contribution is -2.44. The fourth-order valence-corrected chi connectivity index (χ4v) is 10.5. The van der Waals surface area contributed by atoms with Gasteiger partial charge in [0.2, 0.25) is 0 Å². The first-order chi connectivity index (χ1) is 40.2. The highest BCUT2D eigenvalue weighted by atomic mass is 16.5. The van der Waals surface area contributed by atoms with E-state index < -0.39 is 0 Å². The maximum Gasteiger partial charge on any atom is 0.0594 e. The topological polar surface area (TPSA) is 106 Å². The van der Waals surface area contributed by atoms with Gasteiger partial charge in [0, 0.05) is 97.7 Å². The quantitative estimate of drug-likeness (QED) is 0.0634. The van der Waals surface area contributed by atoms with Crippen LogP contribution in [-0.4, -0.2) is 244 Å². The molecule has 13 heteroatoms. The van der Waals surface area contributed by atoms with Crippen LogP contribution in [0.2, 0.25) is 0 Å². The van der Waals surface area contributed by atoms with Gasteiger partial charge in [0.15, 0.2) is 0 Å². The fraction of sp³-hybridized carbons (Fsp3) is 1.00. The first-order valence-corrected chi connectivity index (χ1v) is 36.3. The monoisotopic (exact) mass is 1340 g/mol. The average Bonchev–Trinajstić information content (AvgIpc) is 4.18. The number of likely N-dealkylation sites (tertiary alicyclic amines) is 2. The highest BCUT2D eigenvalue weighted by Gasteiger charge is 2.16. The highest BCUT2D eigenvalue weighted by Crippen LogP contribution is 2.13. The molecule has 0 amide bonds. The Morgan fingerprint density at radius 1 is 0.323 bits per heavy atom. The van der Waals surface area contributed by atoms with E-state index in [1.165, 1.54) is 254 Å². The van der Waals surface area contributed by atoms with Gasteiger partial charge in [0.05, 0.1) is 13.2 Å². The molecule has 7 rings (SSSR count). The SMILES string of the molecule is C.C.C.C.C.C.C.C.C.CC(C)CCN.CC(C)CCN1CCCC1.CC(C)CCN1CCCCC1.CC(C)CCN1CCN(C)CC1.CC(C)CCN1CCNCC1.CC(C)CCN1CCNCC1.CC(C)CCN1CCOCC1.CC(C)CCNC1CCNCC1. The van der Waals surface area contributed by atoms with Crippen LogP contribution in [0.5, 0.6) is 0 Å². The van der Waals surface area contributed by atoms with Gasteiger partial charge in [-0.25, -0.2) is 0 Å². The number of piperidine rings is 2. The summed E-state index contributed by atoms with van der Waals surface area (Å²) < 4.78 is 5.26. The molecule has 7 saturated heterocycles. The normalized spacial score (nSPS) is 18.3. The number of ether oxygens (including phenoxy) is 1. The summed E-state index contributed by atoms with van der Waals surface area (Å²) in [4.78, 5) is 17.8. The molecular formula is C80H192N12O. The Kier molecular flexibility index (Phi) is 96.4. The van der Waals surface area contributed by atoms with Crippen molar-refractivity contribution in [3.05, 3.63) is 0 Å². The second kappa shape index (κ2) is 78.8. The third-order valence-corrected chi connectivity index (χ3v) is 17.1. The molecule has 0 aromatic carbocycles. The summed E-state index contributed by atoms with van der Waals surface area (Å²) in [5.41, 5.74) is 5.23. The van der Waals surface area contributed by atoms with Crippen molar-refractivity contribution in [2.75, 3.05) is 204 Å². The van der Waals surface area contributed by atoms with E-state index in [1.54, 1.807) is 0 Å². The van der Waals surface area contributed by atoms with E-state index in [2.05, 4.69) is 173 Å². The molecule has 0 atom stereocenters. The minimum Gasteiger partial charge on any atom is -0.379 e. The van der Waals surface area contributed by atoms with Crippen LogP contribution in [0, 0.1) is 47.3 Å². The van der Waals surface area contributed by atoms with Gasteiger partial charge in [0.25, 0.3) is 0 Å². The van der Waals surface area contributed by atoms with E-state index in [0.29, 0.717) is 0 Å². The molecule has 0 bridgehead atoms. The Balaban J connectivity index is -0.000000105. The maximum atomic E-state index is 5.26. The summed E-state index contributed by atoms with van der Waals surface area (Å²) in [5, 5.41) is 13.7. The number of nitrogens with two attached hydrogens (primary N) is 1. The minimum absolute atomic E-state index is 0. The molecule has 0 aromatic rings. The fourth-order valence-electron chi connectivity index (χ4n) is 10.5. The predicted molar refractivity (Wildman–Crippen MR) is 435 cm³/mol. The standard InChI is InChI=1S/2C10H22N2.C10H21N.2C9H20N2.C9H19NO.C9H19N.C5H13N.9CH4/c1-9(2)3-8-12-10-4-6-11-7-5-10;1-10(2)4-5-12-8-6-11(3)7-9-12;1-10(2)6-9-11-7-4-3-5-8-11;2*1-9(2)3-6-11-7-4-10-5-8-11;1-9(2)3-4-10-5-7-11-8-6-10;1-9(2)5-8-10-6-3-4-7-10;1-5(2)3-4-6;;;;;;;;;/h9-12H,3-8H2,1-2H3;10H,4-9H2,1-3H3;10H,3-9H2,1-2H3;2*9-10H,3-8H2,1-2H3;9H,3-8H2,1-2H3;9H,3-8H2,1-2H3;5H,3-4,6H2,1-2H3;9*1H4. The lowest BCUT2D eigenvalue weighted by molar-refractivity contribution is 0.0360. The zero-order valence-corrected chi connectivity index (χ0v) is 60.1. The molecule has 0 aliphatic carbocycles. The molecule has 93 heavy (non-hydrogen) atoms. The predicted octanol–water partition coefficient (Wildman–Crippen LogP) is 17.3. The average molecular weight is 1340 g/mol. The third kappa shape index (κ3) is 80.3. The van der Waals surface area contributed by atoms with Crippen LogP contribution < -0.4 is 27.0 Å². The van der Waals surface area contributed by atoms with Crippen molar-refractivity contribution in [2.24, 2.45) is 53.1 Å². The van der Waals surface area contributed by atoms with Crippen LogP contribution in [0.1, 0.15) is 274 Å². The molecule has 7 fully saturated rings. The number of likely N-dealkylation sites (N-methyl/N-ethyl adjacent to an activating group) is 1. The molecule has 7 aliphatic rings.